The quantitative estimate of drug-likeness (QED) is 0.428. The minimum atomic E-state index is -0.457. The van der Waals surface area contributed by atoms with Crippen molar-refractivity contribution >= 4 is 11.7 Å². The lowest BCUT2D eigenvalue weighted by Crippen LogP contribution is -2.63. The number of epoxide rings is 1. The number of carbonyl (C=O) groups is 1. The second-order valence-corrected chi connectivity index (χ2v) is 9.33. The van der Waals surface area contributed by atoms with Crippen molar-refractivity contribution in [3.05, 3.63) is 22.9 Å². The summed E-state index contributed by atoms with van der Waals surface area (Å²) in [5, 5.41) is 14.4. The molecule has 0 radical (unpaired) electrons. The fourth-order valence-corrected chi connectivity index (χ4v) is 7.31. The van der Waals surface area contributed by atoms with Crippen molar-refractivity contribution in [2.45, 2.75) is 49.9 Å². The Morgan fingerprint density at radius 3 is 2.77 bits per heavy atom. The average Bonchev–Trinajstić information content (AvgIpc) is 3.37. The first kappa shape index (κ1) is 19.3. The molecule has 3 saturated heterocycles. The molecule has 6 rings (SSSR count). The molecule has 8 heteroatoms. The van der Waals surface area contributed by atoms with Crippen LogP contribution in [0.2, 0.25) is 0 Å². The summed E-state index contributed by atoms with van der Waals surface area (Å²) >= 11 is 0. The summed E-state index contributed by atoms with van der Waals surface area (Å²) in [6.45, 7) is 4.02. The standard InChI is InChI=1S/C23H28N2O6/c1-5-22-9-11(20(27)30-4)18-23(6-7-25(21(22)23)10-14-19(22)31-14)12-8-13(26)16(28-2)17(29-3)15(12)24-18/h8,14,19,21,24,26H,5-7,9-10H2,1-4H3. The molecule has 5 atom stereocenters. The maximum absolute atomic E-state index is 13.0. The second-order valence-electron chi connectivity index (χ2n) is 9.33. The number of hydrogen-bond donors (Lipinski definition) is 2. The summed E-state index contributed by atoms with van der Waals surface area (Å²) in [6.07, 6.45) is 2.75. The molecule has 1 aromatic carbocycles. The van der Waals surface area contributed by atoms with Gasteiger partial charge in [-0.1, -0.05) is 6.92 Å². The van der Waals surface area contributed by atoms with E-state index in [1.807, 2.05) is 0 Å². The van der Waals surface area contributed by atoms with Gasteiger partial charge in [-0.2, -0.15) is 0 Å². The Morgan fingerprint density at radius 1 is 1.32 bits per heavy atom. The molecular formula is C23H28N2O6. The third-order valence-corrected chi connectivity index (χ3v) is 8.43. The van der Waals surface area contributed by atoms with Gasteiger partial charge in [0.05, 0.1) is 50.2 Å². The monoisotopic (exact) mass is 428 g/mol. The zero-order valence-corrected chi connectivity index (χ0v) is 18.3. The minimum Gasteiger partial charge on any atom is -0.504 e. The third-order valence-electron chi connectivity index (χ3n) is 8.43. The van der Waals surface area contributed by atoms with Crippen molar-refractivity contribution in [1.29, 1.82) is 0 Å². The summed E-state index contributed by atoms with van der Waals surface area (Å²) in [7, 11) is 4.51. The molecule has 2 N–H and O–H groups in total. The first-order valence-electron chi connectivity index (χ1n) is 10.9. The first-order chi connectivity index (χ1) is 15.0. The molecule has 31 heavy (non-hydrogen) atoms. The second kappa shape index (κ2) is 6.07. The van der Waals surface area contributed by atoms with Crippen molar-refractivity contribution in [2.75, 3.05) is 39.7 Å². The number of aromatic hydroxyl groups is 1. The Labute approximate surface area is 181 Å². The summed E-state index contributed by atoms with van der Waals surface area (Å²) in [5.74, 6) is 0.472. The van der Waals surface area contributed by atoms with Crippen LogP contribution in [0.3, 0.4) is 0 Å². The van der Waals surface area contributed by atoms with Gasteiger partial charge in [-0.15, -0.1) is 0 Å². The lowest BCUT2D eigenvalue weighted by atomic mass is 9.53. The Balaban J connectivity index is 1.67. The topological polar surface area (TPSA) is 92.8 Å². The molecule has 8 nitrogen and oxygen atoms in total. The number of hydrogen-bond acceptors (Lipinski definition) is 8. The number of piperidine rings is 1. The Bertz CT molecular complexity index is 1040. The van der Waals surface area contributed by atoms with Crippen molar-refractivity contribution in [3.8, 4) is 17.2 Å². The van der Waals surface area contributed by atoms with Gasteiger partial charge in [0, 0.05) is 23.7 Å². The van der Waals surface area contributed by atoms with Gasteiger partial charge in [0.2, 0.25) is 5.75 Å². The highest BCUT2D eigenvalue weighted by Gasteiger charge is 2.74. The number of fused-ring (bicyclic) bond motifs is 3. The van der Waals surface area contributed by atoms with E-state index in [0.29, 0.717) is 17.7 Å². The summed E-state index contributed by atoms with van der Waals surface area (Å²) < 4.78 is 22.5. The zero-order valence-electron chi connectivity index (χ0n) is 18.3. The number of anilines is 1. The molecule has 5 aliphatic rings. The number of phenols is 1. The van der Waals surface area contributed by atoms with Crippen molar-refractivity contribution < 1.29 is 28.8 Å². The van der Waals surface area contributed by atoms with E-state index in [2.05, 4.69) is 17.1 Å². The smallest absolute Gasteiger partial charge is 0.335 e. The predicted molar refractivity (Wildman–Crippen MR) is 112 cm³/mol. The lowest BCUT2D eigenvalue weighted by molar-refractivity contribution is -0.137. The predicted octanol–water partition coefficient (Wildman–Crippen LogP) is 2.16. The highest BCUT2D eigenvalue weighted by atomic mass is 16.6. The van der Waals surface area contributed by atoms with Crippen LogP contribution in [0.1, 0.15) is 31.7 Å². The Morgan fingerprint density at radius 2 is 2.10 bits per heavy atom. The van der Waals surface area contributed by atoms with Crippen LogP contribution in [-0.4, -0.2) is 68.6 Å². The Hall–Kier alpha value is -2.45. The molecule has 3 fully saturated rings. The van der Waals surface area contributed by atoms with Crippen molar-refractivity contribution in [3.63, 3.8) is 0 Å². The van der Waals surface area contributed by atoms with Gasteiger partial charge in [-0.05, 0) is 37.4 Å². The highest BCUT2D eigenvalue weighted by Crippen LogP contribution is 2.69. The molecule has 0 amide bonds. The number of nitrogens with zero attached hydrogens (tertiary/aromatic N) is 1. The summed E-state index contributed by atoms with van der Waals surface area (Å²) in [6, 6.07) is 1.96. The van der Waals surface area contributed by atoms with Gasteiger partial charge >= 0.3 is 5.97 Å². The summed E-state index contributed by atoms with van der Waals surface area (Å²) in [5.41, 5.74) is 2.65. The van der Waals surface area contributed by atoms with Crippen LogP contribution >= 0.6 is 0 Å². The van der Waals surface area contributed by atoms with Crippen LogP contribution in [0, 0.1) is 5.41 Å². The van der Waals surface area contributed by atoms with Crippen molar-refractivity contribution in [1.82, 2.24) is 4.90 Å². The maximum Gasteiger partial charge on any atom is 0.335 e. The molecular weight excluding hydrogens is 400 g/mol. The largest absolute Gasteiger partial charge is 0.504 e. The van der Waals surface area contributed by atoms with E-state index < -0.39 is 5.41 Å². The number of phenolic OH excluding ortho intramolecular Hbond substituents is 1. The number of benzene rings is 1. The SMILES string of the molecule is CCC12CC(C(=O)OC)=C3Nc4c(cc(O)c(OC)c4OC)C34CCN(CC3OC31)C42. The van der Waals surface area contributed by atoms with Gasteiger partial charge in [-0.25, -0.2) is 4.79 Å². The van der Waals surface area contributed by atoms with Gasteiger partial charge in [0.1, 0.15) is 0 Å². The fraction of sp³-hybridized carbons (Fsp3) is 0.609. The first-order valence-corrected chi connectivity index (χ1v) is 10.9. The molecule has 4 heterocycles. The van der Waals surface area contributed by atoms with Gasteiger partial charge in [-0.3, -0.25) is 4.90 Å². The molecule has 0 saturated carbocycles. The van der Waals surface area contributed by atoms with E-state index in [9.17, 15) is 9.90 Å². The highest BCUT2D eigenvalue weighted by molar-refractivity contribution is 5.94. The normalized spacial score (nSPS) is 36.7. The summed E-state index contributed by atoms with van der Waals surface area (Å²) in [4.78, 5) is 15.6. The molecule has 0 aromatic heterocycles. The van der Waals surface area contributed by atoms with Crippen LogP contribution in [0.25, 0.3) is 0 Å². The van der Waals surface area contributed by atoms with Crippen molar-refractivity contribution in [2.24, 2.45) is 5.41 Å². The van der Waals surface area contributed by atoms with Gasteiger partial charge in [0.15, 0.2) is 11.5 Å². The lowest BCUT2D eigenvalue weighted by Gasteiger charge is -2.54. The number of carbonyl (C=O) groups excluding carboxylic acids is 1. The number of ether oxygens (including phenoxy) is 4. The van der Waals surface area contributed by atoms with E-state index in [1.54, 1.807) is 13.2 Å². The molecule has 1 aromatic rings. The third kappa shape index (κ3) is 2.06. The molecule has 1 spiro atoms. The van der Waals surface area contributed by atoms with Crippen LogP contribution in [-0.2, 0) is 19.7 Å². The van der Waals surface area contributed by atoms with Crippen LogP contribution in [0.4, 0.5) is 5.69 Å². The van der Waals surface area contributed by atoms with Crippen LogP contribution in [0.15, 0.2) is 17.3 Å². The van der Waals surface area contributed by atoms with E-state index in [4.69, 9.17) is 18.9 Å². The molecule has 4 aliphatic heterocycles. The Kier molecular flexibility index (Phi) is 3.77. The van der Waals surface area contributed by atoms with Gasteiger partial charge in [0.25, 0.3) is 0 Å². The van der Waals surface area contributed by atoms with Gasteiger partial charge < -0.3 is 29.4 Å². The van der Waals surface area contributed by atoms with E-state index in [0.717, 1.165) is 42.9 Å². The van der Waals surface area contributed by atoms with E-state index in [-0.39, 0.29) is 41.1 Å². The molecule has 0 bridgehead atoms. The molecule has 166 valence electrons. The van der Waals surface area contributed by atoms with Crippen LogP contribution in [0.5, 0.6) is 17.2 Å². The maximum atomic E-state index is 13.0. The average molecular weight is 428 g/mol. The zero-order chi connectivity index (χ0) is 21.7. The number of rotatable bonds is 4. The van der Waals surface area contributed by atoms with Crippen LogP contribution < -0.4 is 14.8 Å². The van der Waals surface area contributed by atoms with E-state index >= 15 is 0 Å². The van der Waals surface area contributed by atoms with E-state index in [1.165, 1.54) is 14.2 Å². The number of methoxy groups -OCH3 is 3. The molecule has 1 aliphatic carbocycles. The molecule has 5 unspecified atom stereocenters. The number of esters is 1. The fourth-order valence-electron chi connectivity index (χ4n) is 7.31. The number of nitrogens with one attached hydrogen (secondary N) is 1. The minimum absolute atomic E-state index is 0.0395.